The Labute approximate surface area is 187 Å². The fourth-order valence-electron chi connectivity index (χ4n) is 3.40. The van der Waals surface area contributed by atoms with Crippen molar-refractivity contribution in [2.45, 2.75) is 18.0 Å². The molecule has 0 radical (unpaired) electrons. The minimum absolute atomic E-state index is 0.166. The number of carbonyl (C=O) groups excluding carboxylic acids is 1. The molecule has 32 heavy (non-hydrogen) atoms. The summed E-state index contributed by atoms with van der Waals surface area (Å²) in [6.07, 6.45) is 3.64. The van der Waals surface area contributed by atoms with Gasteiger partial charge in [0.15, 0.2) is 0 Å². The molecular weight excluding hydrogens is 424 g/mol. The molecule has 1 aromatic heterocycles. The minimum Gasteiger partial charge on any atom is -0.351 e. The fourth-order valence-corrected chi connectivity index (χ4v) is 4.56. The number of carbonyl (C=O) groups is 1. The van der Waals surface area contributed by atoms with Gasteiger partial charge < -0.3 is 5.32 Å². The van der Waals surface area contributed by atoms with E-state index in [9.17, 15) is 13.2 Å². The Morgan fingerprint density at radius 3 is 2.41 bits per heavy atom. The minimum atomic E-state index is -3.77. The molecule has 0 fully saturated rings. The van der Waals surface area contributed by atoms with Crippen LogP contribution in [-0.4, -0.2) is 42.0 Å². The highest BCUT2D eigenvalue weighted by atomic mass is 32.2. The van der Waals surface area contributed by atoms with Crippen molar-refractivity contribution in [3.8, 4) is 0 Å². The third kappa shape index (κ3) is 5.04. The summed E-state index contributed by atoms with van der Waals surface area (Å²) in [6.45, 7) is 0.744. The van der Waals surface area contributed by atoms with Crippen LogP contribution in [0.2, 0.25) is 0 Å². The van der Waals surface area contributed by atoms with Crippen molar-refractivity contribution in [2.24, 2.45) is 0 Å². The van der Waals surface area contributed by atoms with Crippen LogP contribution in [0.25, 0.3) is 10.8 Å². The molecule has 8 heteroatoms. The van der Waals surface area contributed by atoms with Gasteiger partial charge in [-0.2, -0.15) is 9.40 Å². The maximum atomic E-state index is 12.9. The van der Waals surface area contributed by atoms with Crippen LogP contribution < -0.4 is 5.32 Å². The van der Waals surface area contributed by atoms with Crippen molar-refractivity contribution in [1.29, 1.82) is 0 Å². The largest absolute Gasteiger partial charge is 0.351 e. The molecular formula is C24H24N4O3S. The highest BCUT2D eigenvalue weighted by Crippen LogP contribution is 2.21. The maximum Gasteiger partial charge on any atom is 0.243 e. The second-order valence-corrected chi connectivity index (χ2v) is 9.61. The average molecular weight is 449 g/mol. The summed E-state index contributed by atoms with van der Waals surface area (Å²) in [5.74, 6) is -0.363. The second-order valence-electron chi connectivity index (χ2n) is 7.57. The molecule has 1 N–H and O–H groups in total. The van der Waals surface area contributed by atoms with E-state index in [2.05, 4.69) is 10.4 Å². The number of sulfonamides is 1. The predicted molar refractivity (Wildman–Crippen MR) is 123 cm³/mol. The first-order valence-electron chi connectivity index (χ1n) is 10.2. The molecule has 1 amide bonds. The van der Waals surface area contributed by atoms with Gasteiger partial charge in [-0.05, 0) is 40.1 Å². The number of nitrogens with one attached hydrogen (secondary N) is 1. The number of amides is 1. The predicted octanol–water partition coefficient (Wildman–Crippen LogP) is 3.02. The van der Waals surface area contributed by atoms with Gasteiger partial charge >= 0.3 is 0 Å². The van der Waals surface area contributed by atoms with Gasteiger partial charge in [0.2, 0.25) is 15.9 Å². The Bertz CT molecular complexity index is 1320. The van der Waals surface area contributed by atoms with Gasteiger partial charge in [0.25, 0.3) is 0 Å². The van der Waals surface area contributed by atoms with Gasteiger partial charge in [0.05, 0.1) is 18.0 Å². The van der Waals surface area contributed by atoms with E-state index >= 15 is 0 Å². The van der Waals surface area contributed by atoms with E-state index < -0.39 is 10.0 Å². The van der Waals surface area contributed by atoms with Crippen LogP contribution in [0.4, 0.5) is 0 Å². The number of likely N-dealkylation sites (N-methyl/N-ethyl adjacent to an activating group) is 1. The van der Waals surface area contributed by atoms with E-state index in [0.717, 1.165) is 26.2 Å². The maximum absolute atomic E-state index is 12.9. The molecule has 164 valence electrons. The first-order valence-corrected chi connectivity index (χ1v) is 11.6. The molecule has 0 atom stereocenters. The molecule has 0 unspecified atom stereocenters. The lowest BCUT2D eigenvalue weighted by Gasteiger charge is -2.17. The highest BCUT2D eigenvalue weighted by molar-refractivity contribution is 7.89. The molecule has 4 rings (SSSR count). The van der Waals surface area contributed by atoms with E-state index in [1.54, 1.807) is 24.4 Å². The Morgan fingerprint density at radius 2 is 1.69 bits per heavy atom. The SMILES string of the molecule is CN(CC(=O)NCc1ccc(Cn2cccn2)cc1)S(=O)(=O)c1ccc2ccccc2c1. The van der Waals surface area contributed by atoms with Crippen LogP contribution >= 0.6 is 0 Å². The number of rotatable bonds is 8. The lowest BCUT2D eigenvalue weighted by molar-refractivity contribution is -0.121. The highest BCUT2D eigenvalue weighted by Gasteiger charge is 2.23. The van der Waals surface area contributed by atoms with E-state index in [4.69, 9.17) is 0 Å². The summed E-state index contributed by atoms with van der Waals surface area (Å²) in [4.78, 5) is 12.5. The Hall–Kier alpha value is -3.49. The standard InChI is InChI=1S/C24H24N4O3S/c1-27(32(30,31)23-12-11-21-5-2-3-6-22(21)15-23)18-24(29)25-16-19-7-9-20(10-8-19)17-28-14-4-13-26-28/h2-15H,16-18H2,1H3,(H,25,29). The van der Waals surface area contributed by atoms with Gasteiger partial charge in [-0.1, -0.05) is 54.6 Å². The van der Waals surface area contributed by atoms with Crippen LogP contribution in [-0.2, 0) is 27.9 Å². The van der Waals surface area contributed by atoms with Crippen LogP contribution in [0, 0.1) is 0 Å². The number of aromatic nitrogens is 2. The van der Waals surface area contributed by atoms with Gasteiger partial charge in [-0.25, -0.2) is 8.42 Å². The van der Waals surface area contributed by atoms with Gasteiger partial charge in [0, 0.05) is 26.0 Å². The molecule has 0 saturated carbocycles. The lowest BCUT2D eigenvalue weighted by Crippen LogP contribution is -2.38. The molecule has 1 heterocycles. The van der Waals surface area contributed by atoms with Crippen LogP contribution in [0.15, 0.2) is 90.1 Å². The summed E-state index contributed by atoms with van der Waals surface area (Å²) in [6, 6.07) is 22.2. The molecule has 4 aromatic rings. The van der Waals surface area contributed by atoms with E-state index in [1.165, 1.54) is 7.05 Å². The topological polar surface area (TPSA) is 84.3 Å². The first-order chi connectivity index (χ1) is 15.4. The van der Waals surface area contributed by atoms with Crippen LogP contribution in [0.1, 0.15) is 11.1 Å². The zero-order valence-corrected chi connectivity index (χ0v) is 18.5. The van der Waals surface area contributed by atoms with Crippen molar-refractivity contribution >= 4 is 26.7 Å². The van der Waals surface area contributed by atoms with E-state index in [-0.39, 0.29) is 17.3 Å². The molecule has 0 aliphatic rings. The number of nitrogens with zero attached hydrogens (tertiary/aromatic N) is 3. The van der Waals surface area contributed by atoms with Crippen molar-refractivity contribution < 1.29 is 13.2 Å². The summed E-state index contributed by atoms with van der Waals surface area (Å²) < 4.78 is 28.7. The monoisotopic (exact) mass is 448 g/mol. The zero-order chi connectivity index (χ0) is 22.6. The Kier molecular flexibility index (Phi) is 6.34. The van der Waals surface area contributed by atoms with E-state index in [0.29, 0.717) is 13.1 Å². The number of benzene rings is 3. The van der Waals surface area contributed by atoms with E-state index in [1.807, 2.05) is 65.5 Å². The van der Waals surface area contributed by atoms with Crippen molar-refractivity contribution in [3.05, 3.63) is 96.3 Å². The normalized spacial score (nSPS) is 11.7. The molecule has 0 aliphatic heterocycles. The van der Waals surface area contributed by atoms with Gasteiger partial charge in [0.1, 0.15) is 0 Å². The van der Waals surface area contributed by atoms with Crippen molar-refractivity contribution in [2.75, 3.05) is 13.6 Å². The lowest BCUT2D eigenvalue weighted by atomic mass is 10.1. The third-order valence-electron chi connectivity index (χ3n) is 5.21. The quantitative estimate of drug-likeness (QED) is 0.449. The summed E-state index contributed by atoms with van der Waals surface area (Å²) in [7, 11) is -2.36. The van der Waals surface area contributed by atoms with Gasteiger partial charge in [-0.3, -0.25) is 9.48 Å². The number of hydrogen-bond donors (Lipinski definition) is 1. The molecule has 0 spiro atoms. The van der Waals surface area contributed by atoms with Crippen LogP contribution in [0.5, 0.6) is 0 Å². The van der Waals surface area contributed by atoms with Crippen LogP contribution in [0.3, 0.4) is 0 Å². The second kappa shape index (κ2) is 9.33. The average Bonchev–Trinajstić information content (AvgIpc) is 3.31. The van der Waals surface area contributed by atoms with Gasteiger partial charge in [-0.15, -0.1) is 0 Å². The number of fused-ring (bicyclic) bond motifs is 1. The smallest absolute Gasteiger partial charge is 0.243 e. The summed E-state index contributed by atoms with van der Waals surface area (Å²) >= 11 is 0. The first kappa shape index (κ1) is 21.7. The Balaban J connectivity index is 1.33. The van der Waals surface area contributed by atoms with Crippen molar-refractivity contribution in [1.82, 2.24) is 19.4 Å². The third-order valence-corrected chi connectivity index (χ3v) is 7.01. The zero-order valence-electron chi connectivity index (χ0n) is 17.7. The number of hydrogen-bond acceptors (Lipinski definition) is 4. The summed E-state index contributed by atoms with van der Waals surface area (Å²) in [5.41, 5.74) is 2.03. The molecule has 7 nitrogen and oxygen atoms in total. The van der Waals surface area contributed by atoms with Crippen molar-refractivity contribution in [3.63, 3.8) is 0 Å². The molecule has 0 bridgehead atoms. The summed E-state index contributed by atoms with van der Waals surface area (Å²) in [5, 5.41) is 8.77. The molecule has 0 aliphatic carbocycles. The Morgan fingerprint density at radius 1 is 0.969 bits per heavy atom. The molecule has 0 saturated heterocycles. The molecule has 3 aromatic carbocycles. The fraction of sp³-hybridized carbons (Fsp3) is 0.167.